The molecule has 0 saturated carbocycles. The molecule has 0 aromatic heterocycles. The molecule has 0 saturated heterocycles. The molecule has 0 aliphatic carbocycles. The Morgan fingerprint density at radius 1 is 1.00 bits per heavy atom. The summed E-state index contributed by atoms with van der Waals surface area (Å²) < 4.78 is 0. The summed E-state index contributed by atoms with van der Waals surface area (Å²) in [4.78, 5) is 0. The SMILES string of the molecule is CC(C)(C)c1ccc(C(N)C(C)(C)CCN)cc1. The Labute approximate surface area is 112 Å². The van der Waals surface area contributed by atoms with Crippen molar-refractivity contribution in [3.8, 4) is 0 Å². The molecule has 0 fully saturated rings. The molecule has 18 heavy (non-hydrogen) atoms. The molecule has 0 heterocycles. The lowest BCUT2D eigenvalue weighted by atomic mass is 9.77. The Hall–Kier alpha value is -0.860. The van der Waals surface area contributed by atoms with Gasteiger partial charge in [-0.15, -0.1) is 0 Å². The van der Waals surface area contributed by atoms with Crippen LogP contribution in [-0.4, -0.2) is 6.54 Å². The van der Waals surface area contributed by atoms with E-state index >= 15 is 0 Å². The van der Waals surface area contributed by atoms with Gasteiger partial charge in [0.25, 0.3) is 0 Å². The van der Waals surface area contributed by atoms with Gasteiger partial charge in [-0.1, -0.05) is 58.9 Å². The van der Waals surface area contributed by atoms with Crippen molar-refractivity contribution in [3.63, 3.8) is 0 Å². The molecule has 0 amide bonds. The third-order valence-electron chi connectivity index (χ3n) is 3.77. The summed E-state index contributed by atoms with van der Waals surface area (Å²) in [5, 5.41) is 0. The molecule has 4 N–H and O–H groups in total. The van der Waals surface area contributed by atoms with E-state index in [1.54, 1.807) is 0 Å². The fourth-order valence-electron chi connectivity index (χ4n) is 2.17. The largest absolute Gasteiger partial charge is 0.330 e. The summed E-state index contributed by atoms with van der Waals surface area (Å²) in [5.41, 5.74) is 14.8. The number of hydrogen-bond donors (Lipinski definition) is 2. The predicted molar refractivity (Wildman–Crippen MR) is 79.5 cm³/mol. The van der Waals surface area contributed by atoms with Crippen LogP contribution < -0.4 is 11.5 Å². The quantitative estimate of drug-likeness (QED) is 0.858. The second-order valence-corrected chi connectivity index (χ2v) is 6.88. The summed E-state index contributed by atoms with van der Waals surface area (Å²) in [7, 11) is 0. The molecule has 0 spiro atoms. The van der Waals surface area contributed by atoms with E-state index in [9.17, 15) is 0 Å². The van der Waals surface area contributed by atoms with Crippen LogP contribution in [0.1, 0.15) is 58.2 Å². The van der Waals surface area contributed by atoms with E-state index in [4.69, 9.17) is 11.5 Å². The highest BCUT2D eigenvalue weighted by Crippen LogP contribution is 2.34. The standard InChI is InChI=1S/C16H28N2/c1-15(2,3)13-8-6-12(7-9-13)14(18)16(4,5)10-11-17/h6-9,14H,10-11,17-18H2,1-5H3. The van der Waals surface area contributed by atoms with E-state index in [-0.39, 0.29) is 16.9 Å². The van der Waals surface area contributed by atoms with Crippen LogP contribution in [0, 0.1) is 5.41 Å². The highest BCUT2D eigenvalue weighted by atomic mass is 14.7. The first-order chi connectivity index (χ1) is 8.18. The van der Waals surface area contributed by atoms with E-state index in [2.05, 4.69) is 58.9 Å². The van der Waals surface area contributed by atoms with Crippen molar-refractivity contribution in [2.45, 2.75) is 52.5 Å². The maximum atomic E-state index is 6.36. The van der Waals surface area contributed by atoms with Gasteiger partial charge in [0.05, 0.1) is 0 Å². The predicted octanol–water partition coefficient (Wildman–Crippen LogP) is 3.36. The molecule has 1 aromatic carbocycles. The van der Waals surface area contributed by atoms with Gasteiger partial charge < -0.3 is 11.5 Å². The zero-order valence-electron chi connectivity index (χ0n) is 12.5. The summed E-state index contributed by atoms with van der Waals surface area (Å²) in [6.45, 7) is 11.7. The average molecular weight is 248 g/mol. The van der Waals surface area contributed by atoms with Crippen molar-refractivity contribution in [1.29, 1.82) is 0 Å². The molecular weight excluding hydrogens is 220 g/mol. The van der Waals surface area contributed by atoms with Gasteiger partial charge in [-0.2, -0.15) is 0 Å². The summed E-state index contributed by atoms with van der Waals surface area (Å²) >= 11 is 0. The van der Waals surface area contributed by atoms with Gasteiger partial charge in [-0.05, 0) is 34.9 Å². The molecule has 1 atom stereocenters. The highest BCUT2D eigenvalue weighted by Gasteiger charge is 2.27. The molecule has 102 valence electrons. The van der Waals surface area contributed by atoms with Crippen molar-refractivity contribution in [2.24, 2.45) is 16.9 Å². The van der Waals surface area contributed by atoms with E-state index < -0.39 is 0 Å². The first-order valence-electron chi connectivity index (χ1n) is 6.74. The van der Waals surface area contributed by atoms with Gasteiger partial charge in [0.2, 0.25) is 0 Å². The molecule has 0 radical (unpaired) electrons. The molecule has 2 nitrogen and oxygen atoms in total. The molecular formula is C16H28N2. The van der Waals surface area contributed by atoms with Crippen LogP contribution in [0.4, 0.5) is 0 Å². The number of hydrogen-bond acceptors (Lipinski definition) is 2. The van der Waals surface area contributed by atoms with Crippen molar-refractivity contribution in [2.75, 3.05) is 6.54 Å². The molecule has 0 aliphatic rings. The Bertz CT molecular complexity index is 371. The summed E-state index contributed by atoms with van der Waals surface area (Å²) in [6, 6.07) is 8.73. The minimum atomic E-state index is 0.0371. The van der Waals surface area contributed by atoms with Gasteiger partial charge in [0.15, 0.2) is 0 Å². The number of rotatable bonds is 4. The highest BCUT2D eigenvalue weighted by molar-refractivity contribution is 5.29. The molecule has 1 unspecified atom stereocenters. The lowest BCUT2D eigenvalue weighted by molar-refractivity contribution is 0.271. The lowest BCUT2D eigenvalue weighted by Gasteiger charge is -2.32. The van der Waals surface area contributed by atoms with Crippen molar-refractivity contribution >= 4 is 0 Å². The Morgan fingerprint density at radius 3 is 1.89 bits per heavy atom. The minimum Gasteiger partial charge on any atom is -0.330 e. The third-order valence-corrected chi connectivity index (χ3v) is 3.77. The fourth-order valence-corrected chi connectivity index (χ4v) is 2.17. The normalized spacial score (nSPS) is 14.6. The Morgan fingerprint density at radius 2 is 1.50 bits per heavy atom. The first kappa shape index (κ1) is 15.2. The topological polar surface area (TPSA) is 52.0 Å². The first-order valence-corrected chi connectivity index (χ1v) is 6.74. The van der Waals surface area contributed by atoms with Gasteiger partial charge in [0, 0.05) is 6.04 Å². The third kappa shape index (κ3) is 3.56. The zero-order chi connectivity index (χ0) is 14.0. The van der Waals surface area contributed by atoms with Gasteiger partial charge >= 0.3 is 0 Å². The van der Waals surface area contributed by atoms with Crippen LogP contribution >= 0.6 is 0 Å². The lowest BCUT2D eigenvalue weighted by Crippen LogP contribution is -2.31. The van der Waals surface area contributed by atoms with Crippen LogP contribution in [0.2, 0.25) is 0 Å². The average Bonchev–Trinajstić information content (AvgIpc) is 2.27. The molecule has 0 bridgehead atoms. The molecule has 1 rings (SSSR count). The maximum absolute atomic E-state index is 6.36. The molecule has 1 aromatic rings. The van der Waals surface area contributed by atoms with E-state index in [0.717, 1.165) is 6.42 Å². The Kier molecular flexibility index (Phi) is 4.57. The minimum absolute atomic E-state index is 0.0371. The smallest absolute Gasteiger partial charge is 0.0347 e. The molecule has 0 aliphatic heterocycles. The second kappa shape index (κ2) is 5.41. The Balaban J connectivity index is 2.92. The zero-order valence-corrected chi connectivity index (χ0v) is 12.5. The van der Waals surface area contributed by atoms with E-state index in [0.29, 0.717) is 6.54 Å². The van der Waals surface area contributed by atoms with Crippen LogP contribution in [-0.2, 0) is 5.41 Å². The van der Waals surface area contributed by atoms with Gasteiger partial charge in [0.1, 0.15) is 0 Å². The van der Waals surface area contributed by atoms with E-state index in [1.807, 2.05) is 0 Å². The van der Waals surface area contributed by atoms with Gasteiger partial charge in [-0.25, -0.2) is 0 Å². The molecule has 2 heteroatoms. The number of benzene rings is 1. The van der Waals surface area contributed by atoms with Crippen molar-refractivity contribution in [1.82, 2.24) is 0 Å². The summed E-state index contributed by atoms with van der Waals surface area (Å²) in [5.74, 6) is 0. The van der Waals surface area contributed by atoms with Crippen LogP contribution in [0.3, 0.4) is 0 Å². The van der Waals surface area contributed by atoms with Crippen LogP contribution in [0.25, 0.3) is 0 Å². The maximum Gasteiger partial charge on any atom is 0.0347 e. The monoisotopic (exact) mass is 248 g/mol. The van der Waals surface area contributed by atoms with E-state index in [1.165, 1.54) is 11.1 Å². The number of nitrogens with two attached hydrogens (primary N) is 2. The van der Waals surface area contributed by atoms with Crippen molar-refractivity contribution < 1.29 is 0 Å². The van der Waals surface area contributed by atoms with Crippen molar-refractivity contribution in [3.05, 3.63) is 35.4 Å². The van der Waals surface area contributed by atoms with Crippen LogP contribution in [0.5, 0.6) is 0 Å². The van der Waals surface area contributed by atoms with Gasteiger partial charge in [-0.3, -0.25) is 0 Å². The summed E-state index contributed by atoms with van der Waals surface area (Å²) in [6.07, 6.45) is 0.940. The second-order valence-electron chi connectivity index (χ2n) is 6.88. The fraction of sp³-hybridized carbons (Fsp3) is 0.625. The van der Waals surface area contributed by atoms with Crippen LogP contribution in [0.15, 0.2) is 24.3 Å².